The van der Waals surface area contributed by atoms with Crippen molar-refractivity contribution in [1.82, 2.24) is 5.32 Å². The third-order valence-electron chi connectivity index (χ3n) is 3.88. The molecule has 0 aliphatic carbocycles. The lowest BCUT2D eigenvalue weighted by Crippen LogP contribution is -2.42. The molecule has 0 bridgehead atoms. The predicted molar refractivity (Wildman–Crippen MR) is 97.0 cm³/mol. The van der Waals surface area contributed by atoms with E-state index in [0.29, 0.717) is 19.6 Å². The van der Waals surface area contributed by atoms with E-state index in [9.17, 15) is 9.59 Å². The maximum atomic E-state index is 12.1. The number of carbonyl (C=O) groups excluding carboxylic acids is 2. The molecule has 0 aromatic rings. The molecule has 0 aliphatic heterocycles. The molecule has 0 saturated heterocycles. The lowest BCUT2D eigenvalue weighted by molar-refractivity contribution is -0.146. The maximum absolute atomic E-state index is 12.1. The second-order valence-electron chi connectivity index (χ2n) is 6.26. The van der Waals surface area contributed by atoms with Gasteiger partial charge in [-0.2, -0.15) is 0 Å². The fourth-order valence-corrected chi connectivity index (χ4v) is 2.36. The van der Waals surface area contributed by atoms with Crippen molar-refractivity contribution in [3.8, 4) is 0 Å². The summed E-state index contributed by atoms with van der Waals surface area (Å²) in [4.78, 5) is 23.7. The van der Waals surface area contributed by atoms with Gasteiger partial charge in [0.05, 0.1) is 13.2 Å². The molecular formula is C19H37NO4. The van der Waals surface area contributed by atoms with Gasteiger partial charge >= 0.3 is 12.1 Å². The molecule has 0 spiro atoms. The average Bonchev–Trinajstić information content (AvgIpc) is 2.57. The summed E-state index contributed by atoms with van der Waals surface area (Å²) in [7, 11) is 0. The monoisotopic (exact) mass is 343 g/mol. The molecule has 1 amide bonds. The van der Waals surface area contributed by atoms with E-state index in [2.05, 4.69) is 12.2 Å². The molecular weight excluding hydrogens is 306 g/mol. The number of nitrogens with one attached hydrogen (secondary N) is 1. The molecule has 24 heavy (non-hydrogen) atoms. The summed E-state index contributed by atoms with van der Waals surface area (Å²) in [5.74, 6) is -0.352. The van der Waals surface area contributed by atoms with Crippen LogP contribution in [-0.4, -0.2) is 31.3 Å². The van der Waals surface area contributed by atoms with Crippen LogP contribution in [0.1, 0.15) is 91.4 Å². The average molecular weight is 344 g/mol. The Morgan fingerprint density at radius 2 is 1.33 bits per heavy atom. The van der Waals surface area contributed by atoms with Gasteiger partial charge < -0.3 is 14.8 Å². The van der Waals surface area contributed by atoms with Gasteiger partial charge in [0, 0.05) is 0 Å². The second-order valence-corrected chi connectivity index (χ2v) is 6.26. The van der Waals surface area contributed by atoms with Crippen molar-refractivity contribution in [3.05, 3.63) is 0 Å². The lowest BCUT2D eigenvalue weighted by Gasteiger charge is -2.17. The quantitative estimate of drug-likeness (QED) is 0.336. The van der Waals surface area contributed by atoms with Crippen molar-refractivity contribution in [2.45, 2.75) is 97.4 Å². The first-order valence-electron chi connectivity index (χ1n) is 9.75. The summed E-state index contributed by atoms with van der Waals surface area (Å²) < 4.78 is 10.3. The normalized spacial score (nSPS) is 11.8. The molecule has 142 valence electrons. The molecule has 0 heterocycles. The highest BCUT2D eigenvalue weighted by Gasteiger charge is 2.21. The number of hydrogen-bond donors (Lipinski definition) is 1. The molecule has 5 nitrogen and oxygen atoms in total. The molecule has 5 heteroatoms. The van der Waals surface area contributed by atoms with Crippen LogP contribution >= 0.6 is 0 Å². The van der Waals surface area contributed by atoms with E-state index in [1.807, 2.05) is 13.8 Å². The van der Waals surface area contributed by atoms with Crippen LogP contribution in [0.15, 0.2) is 0 Å². The van der Waals surface area contributed by atoms with Gasteiger partial charge in [-0.1, -0.05) is 72.1 Å². The molecule has 1 N–H and O–H groups in total. The minimum absolute atomic E-state index is 0.352. The minimum atomic E-state index is -0.603. The highest BCUT2D eigenvalue weighted by molar-refractivity contribution is 5.81. The van der Waals surface area contributed by atoms with Crippen LogP contribution in [0.3, 0.4) is 0 Å². The minimum Gasteiger partial charge on any atom is -0.464 e. The molecule has 0 aromatic heterocycles. The fourth-order valence-electron chi connectivity index (χ4n) is 2.36. The van der Waals surface area contributed by atoms with Crippen molar-refractivity contribution in [2.24, 2.45) is 0 Å². The van der Waals surface area contributed by atoms with Crippen molar-refractivity contribution >= 4 is 12.1 Å². The van der Waals surface area contributed by atoms with E-state index in [0.717, 1.165) is 32.1 Å². The third-order valence-corrected chi connectivity index (χ3v) is 3.88. The SMILES string of the molecule is CCCCCCCCCOC(=O)C(CCC)NC(=O)OCCCC. The zero-order chi connectivity index (χ0) is 18.0. The van der Waals surface area contributed by atoms with Gasteiger partial charge in [0.2, 0.25) is 0 Å². The molecule has 0 radical (unpaired) electrons. The molecule has 0 rings (SSSR count). The Morgan fingerprint density at radius 1 is 0.750 bits per heavy atom. The smallest absolute Gasteiger partial charge is 0.407 e. The number of rotatable bonds is 15. The largest absolute Gasteiger partial charge is 0.464 e. The molecule has 0 aromatic carbocycles. The predicted octanol–water partition coefficient (Wildman–Crippen LogP) is 4.98. The summed E-state index contributed by atoms with van der Waals surface area (Å²) in [6.07, 6.45) is 10.9. The van der Waals surface area contributed by atoms with Crippen LogP contribution in [0.5, 0.6) is 0 Å². The van der Waals surface area contributed by atoms with Gasteiger partial charge in [0.15, 0.2) is 0 Å². The van der Waals surface area contributed by atoms with Crippen molar-refractivity contribution in [1.29, 1.82) is 0 Å². The topological polar surface area (TPSA) is 64.6 Å². The zero-order valence-electron chi connectivity index (χ0n) is 15.9. The molecule has 1 unspecified atom stereocenters. The first-order valence-corrected chi connectivity index (χ1v) is 9.75. The summed E-state index contributed by atoms with van der Waals surface area (Å²) >= 11 is 0. The van der Waals surface area contributed by atoms with Crippen LogP contribution in [0.2, 0.25) is 0 Å². The van der Waals surface area contributed by atoms with Crippen LogP contribution in [-0.2, 0) is 14.3 Å². The number of esters is 1. The van der Waals surface area contributed by atoms with Gasteiger partial charge in [-0.15, -0.1) is 0 Å². The molecule has 0 saturated carbocycles. The lowest BCUT2D eigenvalue weighted by atomic mass is 10.1. The Kier molecular flexibility index (Phi) is 15.7. The summed E-state index contributed by atoms with van der Waals surface area (Å²) in [5.41, 5.74) is 0. The van der Waals surface area contributed by atoms with E-state index in [4.69, 9.17) is 9.47 Å². The Labute approximate surface area is 147 Å². The second kappa shape index (κ2) is 16.6. The van der Waals surface area contributed by atoms with Crippen LogP contribution in [0.4, 0.5) is 4.79 Å². The number of unbranched alkanes of at least 4 members (excludes halogenated alkanes) is 7. The Morgan fingerprint density at radius 3 is 1.96 bits per heavy atom. The Bertz CT molecular complexity index is 320. The van der Waals surface area contributed by atoms with E-state index >= 15 is 0 Å². The Hall–Kier alpha value is -1.26. The van der Waals surface area contributed by atoms with Gasteiger partial charge in [-0.05, 0) is 19.3 Å². The Balaban J connectivity index is 3.88. The van der Waals surface area contributed by atoms with Crippen LogP contribution in [0, 0.1) is 0 Å². The maximum Gasteiger partial charge on any atom is 0.407 e. The van der Waals surface area contributed by atoms with Gasteiger partial charge in [-0.25, -0.2) is 9.59 Å². The molecule has 1 atom stereocenters. The third kappa shape index (κ3) is 13.2. The van der Waals surface area contributed by atoms with E-state index in [-0.39, 0.29) is 5.97 Å². The first-order chi connectivity index (χ1) is 11.7. The van der Waals surface area contributed by atoms with Gasteiger partial charge in [0.1, 0.15) is 6.04 Å². The summed E-state index contributed by atoms with van der Waals surface area (Å²) in [5, 5.41) is 2.62. The van der Waals surface area contributed by atoms with Crippen molar-refractivity contribution in [3.63, 3.8) is 0 Å². The van der Waals surface area contributed by atoms with Gasteiger partial charge in [0.25, 0.3) is 0 Å². The van der Waals surface area contributed by atoms with Crippen molar-refractivity contribution in [2.75, 3.05) is 13.2 Å². The van der Waals surface area contributed by atoms with E-state index < -0.39 is 12.1 Å². The van der Waals surface area contributed by atoms with E-state index in [1.165, 1.54) is 32.1 Å². The van der Waals surface area contributed by atoms with E-state index in [1.54, 1.807) is 0 Å². The number of carbonyl (C=O) groups is 2. The molecule has 0 fully saturated rings. The fraction of sp³-hybridized carbons (Fsp3) is 0.895. The number of amides is 1. The molecule has 0 aliphatic rings. The standard InChI is InChI=1S/C19H37NO4/c1-4-7-9-10-11-12-13-16-23-18(21)17(14-6-3)20-19(22)24-15-8-5-2/h17H,4-16H2,1-3H3,(H,20,22). The van der Waals surface area contributed by atoms with Crippen LogP contribution in [0.25, 0.3) is 0 Å². The summed E-state index contributed by atoms with van der Waals surface area (Å²) in [6.45, 7) is 7.02. The first kappa shape index (κ1) is 22.7. The van der Waals surface area contributed by atoms with Crippen LogP contribution < -0.4 is 5.32 Å². The highest BCUT2D eigenvalue weighted by atomic mass is 16.6. The number of ether oxygens (including phenoxy) is 2. The summed E-state index contributed by atoms with van der Waals surface area (Å²) in [6, 6.07) is -0.603. The van der Waals surface area contributed by atoms with Gasteiger partial charge in [-0.3, -0.25) is 0 Å². The number of alkyl carbamates (subject to hydrolysis) is 1. The highest BCUT2D eigenvalue weighted by Crippen LogP contribution is 2.07. The van der Waals surface area contributed by atoms with Crippen molar-refractivity contribution < 1.29 is 19.1 Å². The zero-order valence-corrected chi connectivity index (χ0v) is 15.9. The number of hydrogen-bond acceptors (Lipinski definition) is 4.